The van der Waals surface area contributed by atoms with E-state index in [1.54, 1.807) is 6.20 Å². The van der Waals surface area contributed by atoms with Crippen LogP contribution in [0.15, 0.2) is 66.9 Å². The van der Waals surface area contributed by atoms with Gasteiger partial charge in [0.2, 0.25) is 5.88 Å². The van der Waals surface area contributed by atoms with Gasteiger partial charge in [-0.05, 0) is 36.4 Å². The lowest BCUT2D eigenvalue weighted by Gasteiger charge is -2.05. The minimum Gasteiger partial charge on any atom is -0.439 e. The van der Waals surface area contributed by atoms with Crippen LogP contribution >= 0.6 is 0 Å². The molecule has 0 aliphatic carbocycles. The molecular formula is C20H15N5O. The van der Waals surface area contributed by atoms with Gasteiger partial charge in [0.1, 0.15) is 11.4 Å². The molecule has 0 fully saturated rings. The minimum atomic E-state index is 0.555. The summed E-state index contributed by atoms with van der Waals surface area (Å²) in [5, 5.41) is 8.52. The summed E-state index contributed by atoms with van der Waals surface area (Å²) in [4.78, 5) is 8.95. The average Bonchev–Trinajstić information content (AvgIpc) is 3.24. The number of rotatable bonds is 3. The molecule has 0 aliphatic heterocycles. The molecule has 0 atom stereocenters. The van der Waals surface area contributed by atoms with Gasteiger partial charge in [-0.3, -0.25) is 5.10 Å². The number of pyridine rings is 1. The van der Waals surface area contributed by atoms with Gasteiger partial charge in [0.15, 0.2) is 5.82 Å². The van der Waals surface area contributed by atoms with Crippen molar-refractivity contribution in [2.45, 2.75) is 0 Å². The van der Waals surface area contributed by atoms with Crippen molar-refractivity contribution < 1.29 is 4.74 Å². The first-order valence-corrected chi connectivity index (χ1v) is 8.28. The summed E-state index contributed by atoms with van der Waals surface area (Å²) in [6, 6.07) is 19.4. The van der Waals surface area contributed by atoms with E-state index in [9.17, 15) is 0 Å². The lowest BCUT2D eigenvalue weighted by Crippen LogP contribution is -1.93. The van der Waals surface area contributed by atoms with Gasteiger partial charge in [0.25, 0.3) is 0 Å². The predicted molar refractivity (Wildman–Crippen MR) is 100 cm³/mol. The number of ether oxygens (including phenoxy) is 1. The zero-order chi connectivity index (χ0) is 17.5. The summed E-state index contributed by atoms with van der Waals surface area (Å²) < 4.78 is 7.91. The van der Waals surface area contributed by atoms with Gasteiger partial charge in [0.05, 0.1) is 16.6 Å². The third kappa shape index (κ3) is 2.31. The largest absolute Gasteiger partial charge is 0.439 e. The predicted octanol–water partition coefficient (Wildman–Crippen LogP) is 4.30. The Kier molecular flexibility index (Phi) is 3.21. The number of H-pyrrole nitrogens is 1. The van der Waals surface area contributed by atoms with Crippen LogP contribution in [0.25, 0.3) is 33.5 Å². The Morgan fingerprint density at radius 3 is 2.73 bits per heavy atom. The lowest BCUT2D eigenvalue weighted by atomic mass is 10.2. The molecule has 2 aromatic carbocycles. The molecule has 3 heterocycles. The topological polar surface area (TPSA) is 68.6 Å². The normalized spacial score (nSPS) is 11.3. The molecule has 1 N–H and O–H groups in total. The van der Waals surface area contributed by atoms with Crippen molar-refractivity contribution in [2.24, 2.45) is 7.05 Å². The summed E-state index contributed by atoms with van der Waals surface area (Å²) >= 11 is 0. The van der Waals surface area contributed by atoms with Crippen LogP contribution in [0.4, 0.5) is 0 Å². The number of hydrogen-bond acceptors (Lipinski definition) is 4. The number of aromatic amines is 1. The summed E-state index contributed by atoms with van der Waals surface area (Å²) in [6.45, 7) is 0. The first-order chi connectivity index (χ1) is 12.8. The average molecular weight is 341 g/mol. The van der Waals surface area contributed by atoms with Crippen LogP contribution in [0.5, 0.6) is 11.6 Å². The second-order valence-corrected chi connectivity index (χ2v) is 6.03. The van der Waals surface area contributed by atoms with Crippen LogP contribution in [0.3, 0.4) is 0 Å². The Bertz CT molecular complexity index is 1220. The fraction of sp³-hybridized carbons (Fsp3) is 0.0500. The molecule has 126 valence electrons. The Morgan fingerprint density at radius 1 is 1.00 bits per heavy atom. The Balaban J connectivity index is 1.63. The number of para-hydroxylation sites is 2. The summed E-state index contributed by atoms with van der Waals surface area (Å²) in [6.07, 6.45) is 1.70. The van der Waals surface area contributed by atoms with Crippen LogP contribution < -0.4 is 4.74 Å². The Morgan fingerprint density at radius 2 is 1.88 bits per heavy atom. The van der Waals surface area contributed by atoms with Crippen LogP contribution in [0.1, 0.15) is 0 Å². The molecule has 3 aromatic heterocycles. The van der Waals surface area contributed by atoms with Crippen molar-refractivity contribution in [3.8, 4) is 23.1 Å². The first kappa shape index (κ1) is 14.7. The number of aromatic nitrogens is 5. The monoisotopic (exact) mass is 341 g/mol. The fourth-order valence-electron chi connectivity index (χ4n) is 3.11. The van der Waals surface area contributed by atoms with E-state index in [-0.39, 0.29) is 0 Å². The molecule has 0 bridgehead atoms. The highest BCUT2D eigenvalue weighted by Crippen LogP contribution is 2.31. The highest BCUT2D eigenvalue weighted by atomic mass is 16.5. The molecule has 0 unspecified atom stereocenters. The molecule has 6 nitrogen and oxygen atoms in total. The number of nitrogens with zero attached hydrogens (tertiary/aromatic N) is 4. The smallest absolute Gasteiger partial charge is 0.219 e. The van der Waals surface area contributed by atoms with Crippen molar-refractivity contribution in [1.82, 2.24) is 24.7 Å². The zero-order valence-electron chi connectivity index (χ0n) is 14.0. The summed E-state index contributed by atoms with van der Waals surface area (Å²) in [5.74, 6) is 2.07. The van der Waals surface area contributed by atoms with E-state index in [2.05, 4.69) is 25.8 Å². The van der Waals surface area contributed by atoms with E-state index in [1.807, 2.05) is 61.6 Å². The first-order valence-electron chi connectivity index (χ1n) is 8.28. The fourth-order valence-corrected chi connectivity index (χ4v) is 3.11. The van der Waals surface area contributed by atoms with Gasteiger partial charge in [-0.2, -0.15) is 5.10 Å². The zero-order valence-corrected chi connectivity index (χ0v) is 14.0. The lowest BCUT2D eigenvalue weighted by molar-refractivity contribution is 0.463. The van der Waals surface area contributed by atoms with Crippen LogP contribution in [0, 0.1) is 0 Å². The van der Waals surface area contributed by atoms with Crippen molar-refractivity contribution in [2.75, 3.05) is 0 Å². The Hall–Kier alpha value is -3.67. The van der Waals surface area contributed by atoms with Gasteiger partial charge >= 0.3 is 0 Å². The van der Waals surface area contributed by atoms with E-state index in [0.29, 0.717) is 11.6 Å². The number of imidazole rings is 1. The molecule has 6 heteroatoms. The van der Waals surface area contributed by atoms with E-state index < -0.39 is 0 Å². The maximum atomic E-state index is 5.86. The van der Waals surface area contributed by atoms with Gasteiger partial charge < -0.3 is 9.30 Å². The van der Waals surface area contributed by atoms with Gasteiger partial charge in [0, 0.05) is 24.7 Å². The quantitative estimate of drug-likeness (QED) is 0.531. The van der Waals surface area contributed by atoms with Crippen LogP contribution in [-0.2, 0) is 7.05 Å². The van der Waals surface area contributed by atoms with Crippen molar-refractivity contribution in [3.05, 3.63) is 66.9 Å². The molecule has 0 saturated heterocycles. The molecule has 0 spiro atoms. The number of nitrogens with one attached hydrogen (secondary N) is 1. The number of benzene rings is 2. The highest BCUT2D eigenvalue weighted by Gasteiger charge is 2.16. The maximum absolute atomic E-state index is 5.86. The standard InChI is InChI=1S/C20H15N5O/c1-25-17-7-3-2-6-16(17)22-20(25)19-14-12-13(9-10-15(14)23-24-19)26-18-8-4-5-11-21-18/h2-12H,1H3,(H,23,24). The van der Waals surface area contributed by atoms with E-state index in [0.717, 1.165) is 33.5 Å². The molecule has 0 aliphatic rings. The third-order valence-electron chi connectivity index (χ3n) is 4.39. The second kappa shape index (κ2) is 5.70. The van der Waals surface area contributed by atoms with Crippen molar-refractivity contribution >= 4 is 21.9 Å². The Labute approximate surface area is 149 Å². The van der Waals surface area contributed by atoms with Crippen LogP contribution in [0.2, 0.25) is 0 Å². The second-order valence-electron chi connectivity index (χ2n) is 6.03. The molecule has 0 saturated carbocycles. The molecule has 0 amide bonds. The molecule has 5 rings (SSSR count). The van der Waals surface area contributed by atoms with Gasteiger partial charge in [-0.1, -0.05) is 18.2 Å². The minimum absolute atomic E-state index is 0.555. The van der Waals surface area contributed by atoms with Crippen molar-refractivity contribution in [3.63, 3.8) is 0 Å². The highest BCUT2D eigenvalue weighted by molar-refractivity contribution is 5.94. The summed E-state index contributed by atoms with van der Waals surface area (Å²) in [7, 11) is 2.00. The molecular weight excluding hydrogens is 326 g/mol. The van der Waals surface area contributed by atoms with Gasteiger partial charge in [-0.15, -0.1) is 0 Å². The maximum Gasteiger partial charge on any atom is 0.219 e. The number of hydrogen-bond donors (Lipinski definition) is 1. The van der Waals surface area contributed by atoms with E-state index in [1.165, 1.54) is 0 Å². The number of fused-ring (bicyclic) bond motifs is 2. The van der Waals surface area contributed by atoms with Gasteiger partial charge in [-0.25, -0.2) is 9.97 Å². The van der Waals surface area contributed by atoms with Crippen LogP contribution in [-0.4, -0.2) is 24.7 Å². The molecule has 26 heavy (non-hydrogen) atoms. The molecule has 0 radical (unpaired) electrons. The third-order valence-corrected chi connectivity index (χ3v) is 4.39. The van der Waals surface area contributed by atoms with Crippen molar-refractivity contribution in [1.29, 1.82) is 0 Å². The van der Waals surface area contributed by atoms with E-state index in [4.69, 9.17) is 9.72 Å². The molecule has 5 aromatic rings. The SMILES string of the molecule is Cn1c(-c2n[nH]c3ccc(Oc4ccccn4)cc23)nc2ccccc21. The van der Waals surface area contributed by atoms with E-state index >= 15 is 0 Å². The summed E-state index contributed by atoms with van der Waals surface area (Å²) in [5.41, 5.74) is 3.74. The number of aryl methyl sites for hydroxylation is 1.